The highest BCUT2D eigenvalue weighted by Gasteiger charge is 2.56. The molecule has 11 rings (SSSR count). The highest BCUT2D eigenvalue weighted by atomic mass is 79.9. The van der Waals surface area contributed by atoms with E-state index < -0.39 is 36.6 Å². The van der Waals surface area contributed by atoms with Crippen LogP contribution in [0.5, 0.6) is 17.4 Å². The molecule has 8 atom stereocenters. The largest absolute Gasteiger partial charge is 0.491 e. The van der Waals surface area contributed by atoms with Gasteiger partial charge in [0.25, 0.3) is 0 Å². The van der Waals surface area contributed by atoms with Crippen LogP contribution in [0.1, 0.15) is 33.7 Å². The maximum atomic E-state index is 10.6. The molecule has 3 aliphatic heterocycles. The summed E-state index contributed by atoms with van der Waals surface area (Å²) in [5, 5.41) is 32.0. The SMILES string of the molecule is C.CC1(C)O[C@@H]2[C@H](O1)[C@@H](COc1ccc3cc(Br)cnc3c1)O[C@H]2n1ccc2c(Cl)ncnc21.CO.COc1ncnc2c1ccn2[C@@H]1O[C@H](COc2ccc3cc(Br)cnc3c2)[C@@H](O)[C@H]1O. The molecule has 0 bridgehead atoms. The van der Waals surface area contributed by atoms with Crippen molar-refractivity contribution in [1.82, 2.24) is 39.0 Å². The van der Waals surface area contributed by atoms with Crippen LogP contribution in [-0.4, -0.2) is 124 Å². The summed E-state index contributed by atoms with van der Waals surface area (Å²) in [6.45, 7) is 4.17. The minimum Gasteiger partial charge on any atom is -0.491 e. The van der Waals surface area contributed by atoms with Crippen molar-refractivity contribution in [3.05, 3.63) is 112 Å². The fourth-order valence-corrected chi connectivity index (χ4v) is 9.15. The summed E-state index contributed by atoms with van der Waals surface area (Å²) in [5.41, 5.74) is 2.87. The van der Waals surface area contributed by atoms with Crippen LogP contribution < -0.4 is 14.2 Å². The molecule has 352 valence electrons. The average molecular weight is 1070 g/mol. The van der Waals surface area contributed by atoms with E-state index in [2.05, 4.69) is 61.8 Å². The first-order chi connectivity index (χ1) is 31.9. The van der Waals surface area contributed by atoms with Crippen molar-refractivity contribution in [2.75, 3.05) is 27.4 Å². The van der Waals surface area contributed by atoms with Gasteiger partial charge in [0.05, 0.1) is 28.9 Å². The first kappa shape index (κ1) is 48.3. The van der Waals surface area contributed by atoms with Gasteiger partial charge in [0.15, 0.2) is 18.2 Å². The van der Waals surface area contributed by atoms with Crippen LogP contribution >= 0.6 is 43.5 Å². The average Bonchev–Trinajstić information content (AvgIpc) is 4.14. The summed E-state index contributed by atoms with van der Waals surface area (Å²) in [6.07, 6.45) is 4.68. The zero-order valence-corrected chi connectivity index (χ0v) is 39.6. The Kier molecular flexibility index (Phi) is 14.6. The van der Waals surface area contributed by atoms with Crippen LogP contribution in [0.4, 0.5) is 0 Å². The normalized spacial score (nSPS) is 23.9. The standard InChI is InChI=1S/C23H20BrClN4O4.C21H19BrN4O5.CH4O.CH4/c1-23(2)32-18-17(10-30-14-4-3-12-7-13(24)9-26-16(12)8-14)31-22(19(18)33-23)29-6-5-15-20(25)27-11-28-21(15)29;1-29-20-14-4-5-26(19(14)24-10-25-20)21-18(28)17(27)16(31-21)9-30-13-3-2-11-6-12(22)8-23-15(11)7-13;1-2;/h3-9,11,17-19,22H,10H2,1-2H3;2-8,10,16-18,21,27-28H,9H2,1H3;2H,1H3;1H4/t17-,18-,19-,22-;16-,17-,18-,21-;;/m11../s1. The van der Waals surface area contributed by atoms with Gasteiger partial charge in [-0.3, -0.25) is 9.97 Å². The van der Waals surface area contributed by atoms with Crippen LogP contribution in [0.25, 0.3) is 43.9 Å². The van der Waals surface area contributed by atoms with Gasteiger partial charge in [-0.1, -0.05) is 19.0 Å². The second-order valence-corrected chi connectivity index (χ2v) is 18.0. The van der Waals surface area contributed by atoms with Crippen molar-refractivity contribution in [1.29, 1.82) is 0 Å². The lowest BCUT2D eigenvalue weighted by Crippen LogP contribution is -2.34. The molecule has 0 unspecified atom stereocenters. The van der Waals surface area contributed by atoms with E-state index in [-0.39, 0.29) is 32.3 Å². The number of hydrogen-bond acceptors (Lipinski definition) is 16. The van der Waals surface area contributed by atoms with E-state index >= 15 is 0 Å². The zero-order chi connectivity index (χ0) is 46.3. The van der Waals surface area contributed by atoms with Crippen LogP contribution in [0.2, 0.25) is 5.15 Å². The maximum Gasteiger partial charge on any atom is 0.225 e. The van der Waals surface area contributed by atoms with Crippen molar-refractivity contribution in [2.24, 2.45) is 0 Å². The summed E-state index contributed by atoms with van der Waals surface area (Å²) in [4.78, 5) is 25.6. The number of aliphatic hydroxyl groups is 3. The van der Waals surface area contributed by atoms with Crippen LogP contribution in [0.15, 0.2) is 107 Å². The Balaban J connectivity index is 0.000000173. The molecule has 0 saturated carbocycles. The van der Waals surface area contributed by atoms with Crippen LogP contribution in [-0.2, 0) is 18.9 Å². The van der Waals surface area contributed by atoms with Gasteiger partial charge >= 0.3 is 0 Å². The molecule has 8 aromatic rings. The molecule has 3 fully saturated rings. The number of benzene rings is 2. The molecule has 0 radical (unpaired) electrons. The van der Waals surface area contributed by atoms with Gasteiger partial charge in [0.2, 0.25) is 5.88 Å². The quantitative estimate of drug-likeness (QED) is 0.119. The molecule has 9 heterocycles. The molecule has 3 saturated heterocycles. The summed E-state index contributed by atoms with van der Waals surface area (Å²) in [5.74, 6) is 1.00. The molecule has 21 heteroatoms. The fourth-order valence-electron chi connectivity index (χ4n) is 8.26. The Bertz CT molecular complexity index is 3020. The second kappa shape index (κ2) is 20.2. The predicted octanol–water partition coefficient (Wildman–Crippen LogP) is 7.59. The maximum absolute atomic E-state index is 10.6. The summed E-state index contributed by atoms with van der Waals surface area (Å²) in [7, 11) is 2.53. The van der Waals surface area contributed by atoms with Crippen LogP contribution in [0.3, 0.4) is 0 Å². The lowest BCUT2D eigenvalue weighted by Gasteiger charge is -2.25. The summed E-state index contributed by atoms with van der Waals surface area (Å²) < 4.78 is 47.4. The van der Waals surface area contributed by atoms with Gasteiger partial charge in [0.1, 0.15) is 90.4 Å². The number of ether oxygens (including phenoxy) is 7. The van der Waals surface area contributed by atoms with Crippen molar-refractivity contribution >= 4 is 87.3 Å². The van der Waals surface area contributed by atoms with E-state index in [9.17, 15) is 10.2 Å². The first-order valence-corrected chi connectivity index (χ1v) is 22.6. The van der Waals surface area contributed by atoms with E-state index in [1.165, 1.54) is 19.8 Å². The molecule has 0 spiro atoms. The van der Waals surface area contributed by atoms with Gasteiger partial charge in [-0.25, -0.2) is 19.9 Å². The third-order valence-electron chi connectivity index (χ3n) is 11.2. The minimum absolute atomic E-state index is 0. The van der Waals surface area contributed by atoms with Crippen molar-refractivity contribution in [2.45, 2.75) is 76.1 Å². The van der Waals surface area contributed by atoms with E-state index in [4.69, 9.17) is 49.9 Å². The Morgan fingerprint density at radius 3 is 1.84 bits per heavy atom. The molecule has 6 aromatic heterocycles. The second-order valence-electron chi connectivity index (χ2n) is 15.8. The third kappa shape index (κ3) is 9.78. The third-order valence-corrected chi connectivity index (χ3v) is 12.4. The molecule has 3 aliphatic rings. The van der Waals surface area contributed by atoms with E-state index in [1.807, 2.05) is 79.2 Å². The Morgan fingerprint density at radius 1 is 0.672 bits per heavy atom. The van der Waals surface area contributed by atoms with E-state index in [0.717, 1.165) is 43.2 Å². The highest BCUT2D eigenvalue weighted by molar-refractivity contribution is 9.10. The Morgan fingerprint density at radius 2 is 1.21 bits per heavy atom. The van der Waals surface area contributed by atoms with E-state index in [1.54, 1.807) is 29.2 Å². The van der Waals surface area contributed by atoms with Gasteiger partial charge < -0.3 is 57.6 Å². The highest BCUT2D eigenvalue weighted by Crippen LogP contribution is 2.44. The summed E-state index contributed by atoms with van der Waals surface area (Å²) >= 11 is 13.1. The van der Waals surface area contributed by atoms with Crippen molar-refractivity contribution in [3.8, 4) is 17.4 Å². The molecular weight excluding hydrogens is 1020 g/mol. The molecule has 0 aliphatic carbocycles. The number of hydrogen-bond donors (Lipinski definition) is 3. The van der Waals surface area contributed by atoms with Gasteiger partial charge in [-0.2, -0.15) is 0 Å². The van der Waals surface area contributed by atoms with Gasteiger partial charge in [0, 0.05) is 63.7 Å². The monoisotopic (exact) mass is 1060 g/mol. The number of methoxy groups -OCH3 is 1. The number of halogens is 3. The molecule has 0 amide bonds. The topological polar surface area (TPSA) is 212 Å². The lowest BCUT2D eigenvalue weighted by molar-refractivity contribution is -0.198. The number of aromatic nitrogens is 8. The van der Waals surface area contributed by atoms with E-state index in [0.29, 0.717) is 45.8 Å². The van der Waals surface area contributed by atoms with Crippen LogP contribution in [0, 0.1) is 0 Å². The van der Waals surface area contributed by atoms with Crippen molar-refractivity contribution < 1.29 is 48.5 Å². The molecule has 67 heavy (non-hydrogen) atoms. The number of pyridine rings is 2. The predicted molar refractivity (Wildman–Crippen MR) is 255 cm³/mol. The minimum atomic E-state index is -1.15. The zero-order valence-electron chi connectivity index (χ0n) is 35.7. The van der Waals surface area contributed by atoms with Gasteiger partial charge in [-0.15, -0.1) is 0 Å². The summed E-state index contributed by atoms with van der Waals surface area (Å²) in [6, 6.07) is 19.0. The smallest absolute Gasteiger partial charge is 0.225 e. The number of fused-ring (bicyclic) bond motifs is 5. The lowest BCUT2D eigenvalue weighted by atomic mass is 10.1. The molecule has 2 aromatic carbocycles. The number of rotatable bonds is 9. The fraction of sp³-hybridized carbons (Fsp3) is 0.348. The number of nitrogens with zero attached hydrogens (tertiary/aromatic N) is 8. The molecule has 3 N–H and O–H groups in total. The molecular formula is C46H47Br2ClN8O10. The Hall–Kier alpha value is -5.13. The number of aliphatic hydroxyl groups excluding tert-OH is 3. The molecule has 18 nitrogen and oxygen atoms in total. The Labute approximate surface area is 406 Å². The van der Waals surface area contributed by atoms with Crippen molar-refractivity contribution in [3.63, 3.8) is 0 Å². The first-order valence-electron chi connectivity index (χ1n) is 20.6. The van der Waals surface area contributed by atoms with Gasteiger partial charge in [-0.05, 0) is 94.2 Å².